The molecule has 0 unspecified atom stereocenters. The van der Waals surface area contributed by atoms with Crippen molar-refractivity contribution in [1.82, 2.24) is 10.4 Å². The number of hydrogen-bond donors (Lipinski definition) is 2. The van der Waals surface area contributed by atoms with Crippen LogP contribution in [0.25, 0.3) is 10.8 Å². The number of nitrogens with zero attached hydrogens (tertiary/aromatic N) is 1. The number of aromatic hydroxyl groups is 1. The molecule has 0 saturated carbocycles. The highest BCUT2D eigenvalue weighted by Gasteiger charge is 2.29. The Bertz CT molecular complexity index is 804. The first kappa shape index (κ1) is 14.8. The molecular weight excluding hydrogens is 320 g/mol. The second-order valence-corrected chi connectivity index (χ2v) is 6.55. The summed E-state index contributed by atoms with van der Waals surface area (Å²) >= 11 is 6.24. The van der Waals surface area contributed by atoms with E-state index in [0.29, 0.717) is 15.3 Å². The molecule has 1 aliphatic heterocycles. The Kier molecular flexibility index (Phi) is 3.76. The van der Waals surface area contributed by atoms with E-state index in [1.54, 1.807) is 6.07 Å². The van der Waals surface area contributed by atoms with Crippen molar-refractivity contribution < 1.29 is 14.7 Å². The molecule has 22 heavy (non-hydrogen) atoms. The number of thioether (sulfide) groups is 1. The fourth-order valence-corrected chi connectivity index (χ4v) is 3.24. The maximum Gasteiger partial charge on any atom is 0.271 e. The van der Waals surface area contributed by atoms with E-state index in [-0.39, 0.29) is 17.4 Å². The minimum Gasteiger partial charge on any atom is -0.508 e. The summed E-state index contributed by atoms with van der Waals surface area (Å²) < 4.78 is 0.319. The predicted octanol–water partition coefficient (Wildman–Crippen LogP) is 2.36. The minimum atomic E-state index is -0.482. The summed E-state index contributed by atoms with van der Waals surface area (Å²) in [6, 6.07) is 8.57. The fraction of sp³-hybridized carbons (Fsp3) is 0.133. The molecule has 0 aliphatic carbocycles. The van der Waals surface area contributed by atoms with Crippen molar-refractivity contribution in [3.63, 3.8) is 0 Å². The molecule has 1 heterocycles. The summed E-state index contributed by atoms with van der Waals surface area (Å²) in [5.41, 5.74) is 3.80. The summed E-state index contributed by atoms with van der Waals surface area (Å²) in [6.45, 7) is 1.92. The summed E-state index contributed by atoms with van der Waals surface area (Å²) in [7, 11) is 0. The predicted molar refractivity (Wildman–Crippen MR) is 89.7 cm³/mol. The Labute approximate surface area is 136 Å². The van der Waals surface area contributed by atoms with Crippen molar-refractivity contribution in [2.75, 3.05) is 5.75 Å². The molecular formula is C15H12N2O3S2. The second-order valence-electron chi connectivity index (χ2n) is 4.94. The number of hydrazine groups is 1. The van der Waals surface area contributed by atoms with Crippen LogP contribution in [0, 0.1) is 6.92 Å². The number of benzene rings is 2. The van der Waals surface area contributed by atoms with Gasteiger partial charge in [-0.25, -0.2) is 5.01 Å². The average Bonchev–Trinajstić information content (AvgIpc) is 2.78. The van der Waals surface area contributed by atoms with Crippen LogP contribution in [0.1, 0.15) is 15.9 Å². The molecule has 0 atom stereocenters. The van der Waals surface area contributed by atoms with E-state index in [9.17, 15) is 14.7 Å². The zero-order valence-electron chi connectivity index (χ0n) is 11.6. The standard InChI is InChI=1S/C15H12N2O3S2/c1-8-2-3-9-5-10(18)6-12(11(9)4-8)14(20)16-17-13(19)7-22-15(17)21/h2-6,18H,7H2,1H3,(H,16,20). The van der Waals surface area contributed by atoms with E-state index in [2.05, 4.69) is 5.43 Å². The van der Waals surface area contributed by atoms with Gasteiger partial charge in [-0.2, -0.15) is 0 Å². The highest BCUT2D eigenvalue weighted by atomic mass is 32.2. The third kappa shape index (κ3) is 2.65. The van der Waals surface area contributed by atoms with E-state index in [4.69, 9.17) is 12.2 Å². The molecule has 0 radical (unpaired) electrons. The van der Waals surface area contributed by atoms with Crippen LogP contribution in [0.3, 0.4) is 0 Å². The van der Waals surface area contributed by atoms with Gasteiger partial charge < -0.3 is 5.11 Å². The van der Waals surface area contributed by atoms with Gasteiger partial charge in [0.2, 0.25) is 0 Å². The van der Waals surface area contributed by atoms with Crippen LogP contribution >= 0.6 is 24.0 Å². The van der Waals surface area contributed by atoms with Crippen molar-refractivity contribution in [2.24, 2.45) is 0 Å². The summed E-state index contributed by atoms with van der Waals surface area (Å²) in [5.74, 6) is -0.529. The smallest absolute Gasteiger partial charge is 0.271 e. The molecule has 1 aliphatic rings. The zero-order valence-corrected chi connectivity index (χ0v) is 13.3. The van der Waals surface area contributed by atoms with E-state index in [1.807, 2.05) is 25.1 Å². The number of aryl methyl sites for hydroxylation is 1. The van der Waals surface area contributed by atoms with Gasteiger partial charge in [0.05, 0.1) is 11.3 Å². The molecule has 1 saturated heterocycles. The third-order valence-electron chi connectivity index (χ3n) is 3.30. The van der Waals surface area contributed by atoms with Crippen molar-refractivity contribution in [2.45, 2.75) is 6.92 Å². The lowest BCUT2D eigenvalue weighted by Crippen LogP contribution is -2.45. The van der Waals surface area contributed by atoms with Crippen LogP contribution in [-0.2, 0) is 4.79 Å². The maximum atomic E-state index is 12.5. The number of rotatable bonds is 2. The minimum absolute atomic E-state index is 0.00815. The molecule has 2 N–H and O–H groups in total. The Morgan fingerprint density at radius 2 is 2.14 bits per heavy atom. The van der Waals surface area contributed by atoms with Crippen LogP contribution in [0.4, 0.5) is 0 Å². The number of amides is 2. The Morgan fingerprint density at radius 3 is 2.82 bits per heavy atom. The number of hydrogen-bond acceptors (Lipinski definition) is 5. The van der Waals surface area contributed by atoms with Gasteiger partial charge in [-0.1, -0.05) is 47.7 Å². The van der Waals surface area contributed by atoms with Gasteiger partial charge >= 0.3 is 0 Å². The lowest BCUT2D eigenvalue weighted by atomic mass is 10.0. The van der Waals surface area contributed by atoms with Gasteiger partial charge in [0.25, 0.3) is 11.8 Å². The summed E-state index contributed by atoms with van der Waals surface area (Å²) in [4.78, 5) is 24.2. The highest BCUT2D eigenvalue weighted by Crippen LogP contribution is 2.26. The van der Waals surface area contributed by atoms with E-state index in [0.717, 1.165) is 16.0 Å². The molecule has 2 aromatic carbocycles. The molecule has 0 bridgehead atoms. The third-order valence-corrected chi connectivity index (χ3v) is 4.66. The molecule has 7 heteroatoms. The van der Waals surface area contributed by atoms with Gasteiger partial charge in [0.15, 0.2) is 4.32 Å². The topological polar surface area (TPSA) is 69.6 Å². The number of fused-ring (bicyclic) bond motifs is 1. The van der Waals surface area contributed by atoms with Gasteiger partial charge in [-0.15, -0.1) is 0 Å². The van der Waals surface area contributed by atoms with Gasteiger partial charge in [0, 0.05) is 0 Å². The summed E-state index contributed by atoms with van der Waals surface area (Å²) in [6.07, 6.45) is 0. The van der Waals surface area contributed by atoms with Crippen LogP contribution in [-0.4, -0.2) is 32.0 Å². The van der Waals surface area contributed by atoms with Crippen LogP contribution < -0.4 is 5.43 Å². The van der Waals surface area contributed by atoms with Crippen molar-refractivity contribution in [3.05, 3.63) is 41.5 Å². The number of phenolic OH excluding ortho intramolecular Hbond substituents is 1. The second kappa shape index (κ2) is 5.58. The molecule has 2 amide bonds. The van der Waals surface area contributed by atoms with Gasteiger partial charge in [-0.3, -0.25) is 15.0 Å². The number of carbonyl (C=O) groups excluding carboxylic acids is 2. The maximum absolute atomic E-state index is 12.5. The van der Waals surface area contributed by atoms with Gasteiger partial charge in [-0.05, 0) is 29.8 Å². The average molecular weight is 332 g/mol. The van der Waals surface area contributed by atoms with E-state index < -0.39 is 5.91 Å². The molecule has 5 nitrogen and oxygen atoms in total. The SMILES string of the molecule is Cc1ccc2cc(O)cc(C(=O)NN3C(=O)CSC3=S)c2c1. The number of thiocarbonyl (C=S) groups is 1. The lowest BCUT2D eigenvalue weighted by Gasteiger charge is -2.17. The fourth-order valence-electron chi connectivity index (χ4n) is 2.27. The van der Waals surface area contributed by atoms with E-state index >= 15 is 0 Å². The van der Waals surface area contributed by atoms with Crippen LogP contribution in [0.15, 0.2) is 30.3 Å². The first-order valence-electron chi connectivity index (χ1n) is 6.50. The summed E-state index contributed by atoms with van der Waals surface area (Å²) in [5, 5.41) is 12.3. The van der Waals surface area contributed by atoms with Crippen molar-refractivity contribution >= 4 is 50.9 Å². The Balaban J connectivity index is 2.01. The van der Waals surface area contributed by atoms with Crippen LogP contribution in [0.5, 0.6) is 5.75 Å². The lowest BCUT2D eigenvalue weighted by molar-refractivity contribution is -0.125. The normalized spacial score (nSPS) is 14.7. The molecule has 2 aromatic rings. The van der Waals surface area contributed by atoms with Crippen LogP contribution in [0.2, 0.25) is 0 Å². The largest absolute Gasteiger partial charge is 0.508 e. The molecule has 112 valence electrons. The number of carbonyl (C=O) groups is 2. The molecule has 3 rings (SSSR count). The first-order chi connectivity index (χ1) is 10.5. The Morgan fingerprint density at radius 1 is 1.36 bits per heavy atom. The van der Waals surface area contributed by atoms with E-state index in [1.165, 1.54) is 17.8 Å². The highest BCUT2D eigenvalue weighted by molar-refractivity contribution is 8.23. The van der Waals surface area contributed by atoms with Crippen molar-refractivity contribution in [3.8, 4) is 5.75 Å². The molecule has 0 spiro atoms. The molecule has 0 aromatic heterocycles. The Hall–Kier alpha value is -2.12. The number of phenols is 1. The molecule has 1 fully saturated rings. The van der Waals surface area contributed by atoms with Gasteiger partial charge in [0.1, 0.15) is 5.75 Å². The first-order valence-corrected chi connectivity index (χ1v) is 7.89. The number of nitrogens with one attached hydrogen (secondary N) is 1. The zero-order chi connectivity index (χ0) is 15.9. The monoisotopic (exact) mass is 332 g/mol. The quantitative estimate of drug-likeness (QED) is 0.826. The van der Waals surface area contributed by atoms with Crippen molar-refractivity contribution in [1.29, 1.82) is 0 Å².